The lowest BCUT2D eigenvalue weighted by atomic mass is 10.1. The third kappa shape index (κ3) is 2.37. The number of carbonyl (C=O) groups is 1. The van der Waals surface area contributed by atoms with Crippen molar-refractivity contribution in [3.63, 3.8) is 0 Å². The quantitative estimate of drug-likeness (QED) is 0.781. The highest BCUT2D eigenvalue weighted by Gasteiger charge is 2.27. The molecule has 0 spiro atoms. The molecule has 1 aromatic carbocycles. The second-order valence-corrected chi connectivity index (χ2v) is 4.00. The predicted molar refractivity (Wildman–Crippen MR) is 66.5 cm³/mol. The Morgan fingerprint density at radius 1 is 1.50 bits per heavy atom. The van der Waals surface area contributed by atoms with E-state index in [-0.39, 0.29) is 11.8 Å². The predicted octanol–water partition coefficient (Wildman–Crippen LogP) is 1.09. The van der Waals surface area contributed by atoms with Crippen LogP contribution >= 0.6 is 0 Å². The van der Waals surface area contributed by atoms with Gasteiger partial charge >= 0.3 is 6.09 Å². The van der Waals surface area contributed by atoms with Gasteiger partial charge in [-0.2, -0.15) is 0 Å². The fourth-order valence-corrected chi connectivity index (χ4v) is 1.85. The van der Waals surface area contributed by atoms with Crippen molar-refractivity contribution >= 4 is 12.1 Å². The van der Waals surface area contributed by atoms with Crippen LogP contribution in [-0.2, 0) is 4.74 Å². The summed E-state index contributed by atoms with van der Waals surface area (Å²) in [5, 5.41) is 11.8. The Morgan fingerprint density at radius 3 is 2.78 bits per heavy atom. The van der Waals surface area contributed by atoms with Crippen LogP contribution in [0.4, 0.5) is 4.79 Å². The van der Waals surface area contributed by atoms with Gasteiger partial charge in [-0.05, 0) is 17.7 Å². The first-order valence-electron chi connectivity index (χ1n) is 5.53. The van der Waals surface area contributed by atoms with Gasteiger partial charge in [0.25, 0.3) is 0 Å². The molecule has 96 valence electrons. The number of hydrogen-bond donors (Lipinski definition) is 2. The van der Waals surface area contributed by atoms with Crippen molar-refractivity contribution < 1.29 is 14.6 Å². The lowest BCUT2D eigenvalue weighted by Crippen LogP contribution is -2.40. The number of nitrogens with one attached hydrogen (secondary N) is 1. The summed E-state index contributed by atoms with van der Waals surface area (Å²) in [4.78, 5) is 17.2. The number of nitrogens with zero attached hydrogens (tertiary/aromatic N) is 2. The summed E-state index contributed by atoms with van der Waals surface area (Å²) >= 11 is 0. The van der Waals surface area contributed by atoms with Crippen molar-refractivity contribution in [3.8, 4) is 5.75 Å². The number of phenolic OH excluding ortho intramolecular Hbond substituents is 1. The average Bonchev–Trinajstić information content (AvgIpc) is 2.72. The van der Waals surface area contributed by atoms with Gasteiger partial charge in [-0.3, -0.25) is 10.3 Å². The molecule has 1 amide bonds. The molecule has 1 aromatic rings. The van der Waals surface area contributed by atoms with E-state index in [9.17, 15) is 9.90 Å². The van der Waals surface area contributed by atoms with E-state index in [1.165, 1.54) is 7.11 Å². The molecule has 0 saturated carbocycles. The SMILES string of the molecule is COC(=O)NC1=NCC(c2ccc(O)cc2)N1C. The van der Waals surface area contributed by atoms with E-state index >= 15 is 0 Å². The lowest BCUT2D eigenvalue weighted by molar-refractivity contribution is 0.175. The number of guanidine groups is 1. The van der Waals surface area contributed by atoms with Crippen LogP contribution < -0.4 is 5.32 Å². The molecule has 6 nitrogen and oxygen atoms in total. The molecule has 2 N–H and O–H groups in total. The van der Waals surface area contributed by atoms with Gasteiger partial charge in [0.1, 0.15) is 5.75 Å². The monoisotopic (exact) mass is 249 g/mol. The largest absolute Gasteiger partial charge is 0.508 e. The molecule has 0 aliphatic carbocycles. The molecule has 6 heteroatoms. The standard InChI is InChI=1S/C12H15N3O3/c1-15-10(8-3-5-9(16)6-4-8)7-13-11(15)14-12(17)18-2/h3-6,10,16H,7H2,1-2H3,(H,13,14,17). The minimum absolute atomic E-state index is 0.0535. The molecule has 1 heterocycles. The Kier molecular flexibility index (Phi) is 3.36. The second-order valence-electron chi connectivity index (χ2n) is 4.00. The molecule has 0 bridgehead atoms. The summed E-state index contributed by atoms with van der Waals surface area (Å²) in [6, 6.07) is 7.00. The van der Waals surface area contributed by atoms with Crippen LogP contribution in [0.1, 0.15) is 11.6 Å². The molecular weight excluding hydrogens is 234 g/mol. The number of amides is 1. The number of carbonyl (C=O) groups excluding carboxylic acids is 1. The minimum Gasteiger partial charge on any atom is -0.508 e. The Hall–Kier alpha value is -2.24. The molecule has 1 aliphatic rings. The maximum Gasteiger partial charge on any atom is 0.413 e. The topological polar surface area (TPSA) is 74.2 Å². The van der Waals surface area contributed by atoms with E-state index in [0.29, 0.717) is 12.5 Å². The Bertz CT molecular complexity index is 470. The van der Waals surface area contributed by atoms with Gasteiger partial charge in [-0.25, -0.2) is 4.79 Å². The summed E-state index contributed by atoms with van der Waals surface area (Å²) in [7, 11) is 3.15. The van der Waals surface area contributed by atoms with Crippen LogP contribution in [-0.4, -0.2) is 42.8 Å². The maximum absolute atomic E-state index is 11.1. The van der Waals surface area contributed by atoms with Gasteiger partial charge in [0.2, 0.25) is 5.96 Å². The zero-order valence-corrected chi connectivity index (χ0v) is 10.3. The fraction of sp³-hybridized carbons (Fsp3) is 0.333. The molecule has 2 rings (SSSR count). The van der Waals surface area contributed by atoms with Gasteiger partial charge in [0.15, 0.2) is 0 Å². The summed E-state index contributed by atoms with van der Waals surface area (Å²) in [6.45, 7) is 0.556. The highest BCUT2D eigenvalue weighted by atomic mass is 16.5. The van der Waals surface area contributed by atoms with E-state index in [0.717, 1.165) is 5.56 Å². The molecular formula is C12H15N3O3. The smallest absolute Gasteiger partial charge is 0.413 e. The molecule has 18 heavy (non-hydrogen) atoms. The average molecular weight is 249 g/mol. The zero-order valence-electron chi connectivity index (χ0n) is 10.3. The second kappa shape index (κ2) is 4.95. The Labute approximate surface area is 105 Å². The van der Waals surface area contributed by atoms with E-state index in [1.807, 2.05) is 24.1 Å². The Balaban J connectivity index is 2.07. The summed E-state index contributed by atoms with van der Waals surface area (Å²) in [5.74, 6) is 0.716. The van der Waals surface area contributed by atoms with Crippen LogP contribution in [0.2, 0.25) is 0 Å². The van der Waals surface area contributed by atoms with Crippen molar-refractivity contribution in [1.82, 2.24) is 10.2 Å². The first-order chi connectivity index (χ1) is 8.61. The number of likely N-dealkylation sites (N-methyl/N-ethyl adjacent to an activating group) is 1. The van der Waals surface area contributed by atoms with Crippen LogP contribution in [0.3, 0.4) is 0 Å². The summed E-state index contributed by atoms with van der Waals surface area (Å²) in [5.41, 5.74) is 1.03. The normalized spacial score (nSPS) is 18.4. The van der Waals surface area contributed by atoms with Gasteiger partial charge in [-0.1, -0.05) is 12.1 Å². The number of ether oxygens (including phenoxy) is 1. The van der Waals surface area contributed by atoms with Crippen LogP contribution in [0.25, 0.3) is 0 Å². The molecule has 1 aliphatic heterocycles. The number of aromatic hydroxyl groups is 1. The number of phenols is 1. The first-order valence-corrected chi connectivity index (χ1v) is 5.53. The number of aliphatic imine (C=N–C) groups is 1. The van der Waals surface area contributed by atoms with Crippen LogP contribution in [0.5, 0.6) is 5.75 Å². The van der Waals surface area contributed by atoms with Crippen molar-refractivity contribution in [2.75, 3.05) is 20.7 Å². The number of methoxy groups -OCH3 is 1. The van der Waals surface area contributed by atoms with Gasteiger partial charge < -0.3 is 14.7 Å². The molecule has 0 radical (unpaired) electrons. The number of benzene rings is 1. The molecule has 1 unspecified atom stereocenters. The van der Waals surface area contributed by atoms with E-state index in [2.05, 4.69) is 15.0 Å². The number of rotatable bonds is 1. The number of hydrogen-bond acceptors (Lipinski definition) is 5. The molecule has 1 atom stereocenters. The molecule has 0 saturated heterocycles. The highest BCUT2D eigenvalue weighted by Crippen LogP contribution is 2.25. The first kappa shape index (κ1) is 12.2. The molecule has 0 fully saturated rings. The zero-order chi connectivity index (χ0) is 13.1. The van der Waals surface area contributed by atoms with Gasteiger partial charge in [0, 0.05) is 7.05 Å². The fourth-order valence-electron chi connectivity index (χ4n) is 1.85. The summed E-state index contributed by atoms with van der Waals surface area (Å²) in [6.07, 6.45) is -0.535. The van der Waals surface area contributed by atoms with E-state index in [1.54, 1.807) is 12.1 Å². The van der Waals surface area contributed by atoms with Gasteiger partial charge in [0.05, 0.1) is 19.7 Å². The summed E-state index contributed by atoms with van der Waals surface area (Å²) < 4.78 is 4.53. The molecule has 0 aromatic heterocycles. The van der Waals surface area contributed by atoms with E-state index in [4.69, 9.17) is 0 Å². The lowest BCUT2D eigenvalue weighted by Gasteiger charge is -2.23. The van der Waals surface area contributed by atoms with Crippen molar-refractivity contribution in [1.29, 1.82) is 0 Å². The third-order valence-electron chi connectivity index (χ3n) is 2.89. The van der Waals surface area contributed by atoms with Crippen LogP contribution in [0.15, 0.2) is 29.3 Å². The van der Waals surface area contributed by atoms with Crippen molar-refractivity contribution in [3.05, 3.63) is 29.8 Å². The third-order valence-corrected chi connectivity index (χ3v) is 2.89. The van der Waals surface area contributed by atoms with E-state index < -0.39 is 6.09 Å². The van der Waals surface area contributed by atoms with Gasteiger partial charge in [-0.15, -0.1) is 0 Å². The minimum atomic E-state index is -0.535. The van der Waals surface area contributed by atoms with Crippen molar-refractivity contribution in [2.45, 2.75) is 6.04 Å². The maximum atomic E-state index is 11.1. The Morgan fingerprint density at radius 2 is 2.17 bits per heavy atom. The van der Waals surface area contributed by atoms with Crippen LogP contribution in [0, 0.1) is 0 Å². The number of alkyl carbamates (subject to hydrolysis) is 1. The van der Waals surface area contributed by atoms with Crippen molar-refractivity contribution in [2.24, 2.45) is 4.99 Å². The highest BCUT2D eigenvalue weighted by molar-refractivity contribution is 5.94.